The molecule has 5 heteroatoms. The molecule has 5 rings (SSSR count). The molecule has 1 saturated carbocycles. The van der Waals surface area contributed by atoms with E-state index in [0.29, 0.717) is 12.1 Å². The molecule has 1 fully saturated rings. The molecule has 0 unspecified atom stereocenters. The van der Waals surface area contributed by atoms with Crippen LogP contribution in [0.1, 0.15) is 47.2 Å². The number of imidazole rings is 1. The average molecular weight is 375 g/mol. The number of rotatable bonds is 3. The topological polar surface area (TPSA) is 38.1 Å². The van der Waals surface area contributed by atoms with Crippen molar-refractivity contribution in [3.05, 3.63) is 83.7 Å². The molecule has 28 heavy (non-hydrogen) atoms. The van der Waals surface area contributed by atoms with E-state index in [1.54, 1.807) is 23.5 Å². The maximum absolute atomic E-state index is 14.7. The quantitative estimate of drug-likeness (QED) is 0.674. The van der Waals surface area contributed by atoms with Gasteiger partial charge in [0.05, 0.1) is 12.0 Å². The van der Waals surface area contributed by atoms with Crippen molar-refractivity contribution in [2.45, 2.75) is 37.6 Å². The minimum absolute atomic E-state index is 0.0511. The normalized spacial score (nSPS) is 17.2. The Morgan fingerprint density at radius 1 is 1.11 bits per heavy atom. The lowest BCUT2D eigenvalue weighted by atomic mass is 9.80. The Kier molecular flexibility index (Phi) is 4.04. The zero-order valence-corrected chi connectivity index (χ0v) is 15.6. The van der Waals surface area contributed by atoms with Crippen molar-refractivity contribution in [2.24, 2.45) is 0 Å². The Hall–Kier alpha value is -2.95. The summed E-state index contributed by atoms with van der Waals surface area (Å²) in [6, 6.07) is 12.8. The molecule has 0 N–H and O–H groups in total. The summed E-state index contributed by atoms with van der Waals surface area (Å²) in [7, 11) is 0. The molecule has 2 heterocycles. The predicted molar refractivity (Wildman–Crippen MR) is 106 cm³/mol. The fourth-order valence-corrected chi connectivity index (χ4v) is 4.87. The van der Waals surface area contributed by atoms with E-state index in [4.69, 9.17) is 0 Å². The number of halogens is 1. The molecule has 0 saturated heterocycles. The van der Waals surface area contributed by atoms with Crippen LogP contribution in [0.5, 0.6) is 0 Å². The molecule has 1 aliphatic heterocycles. The third-order valence-electron chi connectivity index (χ3n) is 6.20. The first kappa shape index (κ1) is 17.2. The zero-order valence-electron chi connectivity index (χ0n) is 15.6. The maximum atomic E-state index is 14.7. The number of hydrogen-bond donors (Lipinski definition) is 0. The monoisotopic (exact) mass is 375 g/mol. The number of anilines is 1. The van der Waals surface area contributed by atoms with Crippen LogP contribution < -0.4 is 4.90 Å². The average Bonchev–Trinajstić information content (AvgIpc) is 3.45. The highest BCUT2D eigenvalue weighted by Crippen LogP contribution is 2.51. The van der Waals surface area contributed by atoms with Crippen LogP contribution >= 0.6 is 0 Å². The van der Waals surface area contributed by atoms with Gasteiger partial charge < -0.3 is 9.47 Å². The second-order valence-electron chi connectivity index (χ2n) is 7.94. The summed E-state index contributed by atoms with van der Waals surface area (Å²) in [6.45, 7) is 1.30. The van der Waals surface area contributed by atoms with E-state index in [1.807, 2.05) is 41.1 Å². The lowest BCUT2D eigenvalue weighted by Gasteiger charge is -2.25. The number of fused-ring (bicyclic) bond motifs is 2. The van der Waals surface area contributed by atoms with Gasteiger partial charge in [0.2, 0.25) is 0 Å². The maximum Gasteiger partial charge on any atom is 0.258 e. The number of carbonyl (C=O) groups is 1. The Labute approximate surface area is 163 Å². The molecule has 3 aromatic rings. The van der Waals surface area contributed by atoms with Crippen molar-refractivity contribution in [1.29, 1.82) is 0 Å². The number of aromatic nitrogens is 2. The van der Waals surface area contributed by atoms with Crippen molar-refractivity contribution in [2.75, 3.05) is 11.4 Å². The number of benzene rings is 2. The molecule has 1 amide bonds. The molecule has 1 aromatic heterocycles. The van der Waals surface area contributed by atoms with Crippen molar-refractivity contribution in [3.8, 4) is 0 Å². The van der Waals surface area contributed by atoms with Gasteiger partial charge in [0.25, 0.3) is 5.91 Å². The minimum atomic E-state index is -0.211. The van der Waals surface area contributed by atoms with E-state index in [-0.39, 0.29) is 17.1 Å². The molecule has 0 atom stereocenters. The summed E-state index contributed by atoms with van der Waals surface area (Å²) < 4.78 is 16.7. The van der Waals surface area contributed by atoms with E-state index < -0.39 is 0 Å². The summed E-state index contributed by atoms with van der Waals surface area (Å²) >= 11 is 0. The molecular weight excluding hydrogens is 353 g/mol. The first-order chi connectivity index (χ1) is 13.7. The highest BCUT2D eigenvalue weighted by Gasteiger charge is 2.48. The van der Waals surface area contributed by atoms with Crippen LogP contribution in [0.4, 0.5) is 10.1 Å². The molecule has 2 aliphatic rings. The van der Waals surface area contributed by atoms with E-state index in [9.17, 15) is 9.18 Å². The molecular formula is C23H22FN3O. The van der Waals surface area contributed by atoms with Crippen LogP contribution in [0.2, 0.25) is 0 Å². The van der Waals surface area contributed by atoms with Crippen molar-refractivity contribution in [1.82, 2.24) is 9.55 Å². The molecule has 2 aromatic carbocycles. The van der Waals surface area contributed by atoms with Gasteiger partial charge in [0, 0.05) is 42.0 Å². The summed E-state index contributed by atoms with van der Waals surface area (Å²) in [5.74, 6) is -0.227. The van der Waals surface area contributed by atoms with Crippen molar-refractivity contribution in [3.63, 3.8) is 0 Å². The van der Waals surface area contributed by atoms with Gasteiger partial charge in [-0.25, -0.2) is 9.37 Å². The second kappa shape index (κ2) is 6.59. The highest BCUT2D eigenvalue weighted by molar-refractivity contribution is 6.07. The van der Waals surface area contributed by atoms with E-state index in [0.717, 1.165) is 49.0 Å². The molecule has 1 aliphatic carbocycles. The van der Waals surface area contributed by atoms with Crippen LogP contribution in [0.15, 0.2) is 61.2 Å². The van der Waals surface area contributed by atoms with Crippen molar-refractivity contribution >= 4 is 11.6 Å². The molecule has 0 radical (unpaired) electrons. The standard InChI is InChI=1S/C23H22FN3O/c24-19-4-3-5-20-21(19)23(10-1-2-11-23)15-27(20)22(28)18-8-6-17(7-9-18)14-26-13-12-25-16-26/h3-9,12-13,16H,1-2,10-11,14-15H2. The van der Waals surface area contributed by atoms with Gasteiger partial charge in [-0.05, 0) is 42.7 Å². The van der Waals surface area contributed by atoms with Crippen LogP contribution in [-0.2, 0) is 12.0 Å². The number of nitrogens with zero attached hydrogens (tertiary/aromatic N) is 3. The number of carbonyl (C=O) groups excluding carboxylic acids is 1. The molecule has 4 nitrogen and oxygen atoms in total. The van der Waals surface area contributed by atoms with E-state index in [1.165, 1.54) is 6.07 Å². The van der Waals surface area contributed by atoms with Gasteiger partial charge in [0.1, 0.15) is 5.82 Å². The van der Waals surface area contributed by atoms with Gasteiger partial charge in [-0.1, -0.05) is 31.0 Å². The van der Waals surface area contributed by atoms with Crippen LogP contribution in [0.25, 0.3) is 0 Å². The molecule has 0 bridgehead atoms. The zero-order chi connectivity index (χ0) is 19.1. The summed E-state index contributed by atoms with van der Waals surface area (Å²) in [5, 5.41) is 0. The van der Waals surface area contributed by atoms with Gasteiger partial charge in [0.15, 0.2) is 0 Å². The highest BCUT2D eigenvalue weighted by atomic mass is 19.1. The fraction of sp³-hybridized carbons (Fsp3) is 0.304. The predicted octanol–water partition coefficient (Wildman–Crippen LogP) is 4.54. The summed E-state index contributed by atoms with van der Waals surface area (Å²) in [5.41, 5.74) is 3.03. The van der Waals surface area contributed by atoms with Gasteiger partial charge >= 0.3 is 0 Å². The number of hydrogen-bond acceptors (Lipinski definition) is 2. The Bertz CT molecular complexity index is 1000. The first-order valence-electron chi connectivity index (χ1n) is 9.82. The summed E-state index contributed by atoms with van der Waals surface area (Å²) in [4.78, 5) is 19.1. The Balaban J connectivity index is 1.44. The lowest BCUT2D eigenvalue weighted by molar-refractivity contribution is 0.0985. The van der Waals surface area contributed by atoms with Gasteiger partial charge in [-0.15, -0.1) is 0 Å². The van der Waals surface area contributed by atoms with Crippen LogP contribution in [0, 0.1) is 5.82 Å². The third kappa shape index (κ3) is 2.73. The summed E-state index contributed by atoms with van der Waals surface area (Å²) in [6.07, 6.45) is 9.53. The van der Waals surface area contributed by atoms with Crippen LogP contribution in [0.3, 0.4) is 0 Å². The Morgan fingerprint density at radius 2 is 1.89 bits per heavy atom. The molecule has 1 spiro atoms. The minimum Gasteiger partial charge on any atom is -0.333 e. The number of amides is 1. The second-order valence-corrected chi connectivity index (χ2v) is 7.94. The SMILES string of the molecule is O=C(c1ccc(Cn2ccnc2)cc1)N1CC2(CCCC2)c2c(F)cccc21. The fourth-order valence-electron chi connectivity index (χ4n) is 4.87. The smallest absolute Gasteiger partial charge is 0.258 e. The van der Waals surface area contributed by atoms with Crippen molar-refractivity contribution < 1.29 is 9.18 Å². The van der Waals surface area contributed by atoms with Gasteiger partial charge in [-0.3, -0.25) is 4.79 Å². The van der Waals surface area contributed by atoms with E-state index >= 15 is 0 Å². The Morgan fingerprint density at radius 3 is 2.61 bits per heavy atom. The van der Waals surface area contributed by atoms with Crippen LogP contribution in [-0.4, -0.2) is 22.0 Å². The first-order valence-corrected chi connectivity index (χ1v) is 9.82. The third-order valence-corrected chi connectivity index (χ3v) is 6.20. The molecule has 142 valence electrons. The van der Waals surface area contributed by atoms with Gasteiger partial charge in [-0.2, -0.15) is 0 Å². The van der Waals surface area contributed by atoms with E-state index in [2.05, 4.69) is 4.98 Å². The largest absolute Gasteiger partial charge is 0.333 e. The lowest BCUT2D eigenvalue weighted by Crippen LogP contribution is -2.35.